The van der Waals surface area contributed by atoms with Gasteiger partial charge in [-0.3, -0.25) is 9.59 Å². The molecule has 33 heavy (non-hydrogen) atoms. The Hall–Kier alpha value is -2.74. The lowest BCUT2D eigenvalue weighted by molar-refractivity contribution is -0.151. The lowest BCUT2D eigenvalue weighted by Gasteiger charge is -2.38. The van der Waals surface area contributed by atoms with Crippen LogP contribution < -0.4 is 10.1 Å². The van der Waals surface area contributed by atoms with Gasteiger partial charge in [-0.2, -0.15) is 11.8 Å². The van der Waals surface area contributed by atoms with Gasteiger partial charge in [0.1, 0.15) is 18.3 Å². The van der Waals surface area contributed by atoms with E-state index in [0.29, 0.717) is 34.8 Å². The van der Waals surface area contributed by atoms with Gasteiger partial charge < -0.3 is 19.5 Å². The minimum Gasteiger partial charge on any atom is -0.497 e. The zero-order chi connectivity index (χ0) is 24.1. The molecule has 1 aliphatic heterocycles. The van der Waals surface area contributed by atoms with Crippen LogP contribution in [0, 0.1) is 11.8 Å². The molecule has 1 N–H and O–H groups in total. The van der Waals surface area contributed by atoms with Gasteiger partial charge in [-0.1, -0.05) is 26.0 Å². The number of esters is 2. The Morgan fingerprint density at radius 3 is 2.48 bits per heavy atom. The first-order valence-electron chi connectivity index (χ1n) is 11.1. The zero-order valence-electron chi connectivity index (χ0n) is 19.7. The summed E-state index contributed by atoms with van der Waals surface area (Å²) in [7, 11) is 2.86. The van der Waals surface area contributed by atoms with Crippen molar-refractivity contribution in [2.24, 2.45) is 11.8 Å². The standard InChI is InChI=1S/C25H31NO6S/c1-6-33-12-11-32-25(29)20-15(3)26-18-13-14(2)19(24(28)31-5)23(27)22(18)21(20)16-7-9-17(30-4)10-8-16/h7-10,14,19,21,26H,6,11-13H2,1-5H3. The molecule has 0 bridgehead atoms. The number of ether oxygens (including phenoxy) is 3. The van der Waals surface area contributed by atoms with Crippen LogP contribution in [0.4, 0.5) is 0 Å². The summed E-state index contributed by atoms with van der Waals surface area (Å²) >= 11 is 1.69. The number of methoxy groups -OCH3 is 2. The second kappa shape index (κ2) is 10.9. The van der Waals surface area contributed by atoms with Crippen molar-refractivity contribution in [1.82, 2.24) is 5.32 Å². The zero-order valence-corrected chi connectivity index (χ0v) is 20.5. The van der Waals surface area contributed by atoms with Crippen molar-refractivity contribution in [2.45, 2.75) is 33.1 Å². The van der Waals surface area contributed by atoms with Crippen LogP contribution in [0.25, 0.3) is 0 Å². The van der Waals surface area contributed by atoms with Crippen molar-refractivity contribution in [3.8, 4) is 5.75 Å². The van der Waals surface area contributed by atoms with Crippen LogP contribution >= 0.6 is 11.8 Å². The molecular weight excluding hydrogens is 442 g/mol. The summed E-state index contributed by atoms with van der Waals surface area (Å²) in [5, 5.41) is 3.27. The van der Waals surface area contributed by atoms with E-state index < -0.39 is 23.8 Å². The molecule has 7 nitrogen and oxygen atoms in total. The second-order valence-corrected chi connectivity index (χ2v) is 9.54. The van der Waals surface area contributed by atoms with Crippen LogP contribution in [0.3, 0.4) is 0 Å². The van der Waals surface area contributed by atoms with Crippen LogP contribution in [0.15, 0.2) is 46.8 Å². The highest BCUT2D eigenvalue weighted by molar-refractivity contribution is 7.99. The molecule has 0 saturated heterocycles. The predicted octanol–water partition coefficient (Wildman–Crippen LogP) is 3.60. The van der Waals surface area contributed by atoms with Gasteiger partial charge in [0, 0.05) is 28.6 Å². The smallest absolute Gasteiger partial charge is 0.336 e. The summed E-state index contributed by atoms with van der Waals surface area (Å²) < 4.78 is 15.8. The SMILES string of the molecule is CCSCCOC(=O)C1=C(C)NC2=C(C(=O)C(C(=O)OC)C(C)C2)C1c1ccc(OC)cc1. The molecule has 1 heterocycles. The molecule has 1 aliphatic carbocycles. The largest absolute Gasteiger partial charge is 0.497 e. The average Bonchev–Trinajstić information content (AvgIpc) is 2.80. The molecule has 1 aromatic rings. The number of carbonyl (C=O) groups excluding carboxylic acids is 3. The summed E-state index contributed by atoms with van der Waals surface area (Å²) in [6.45, 7) is 6.01. The van der Waals surface area contributed by atoms with Crippen molar-refractivity contribution < 1.29 is 28.6 Å². The fraction of sp³-hybridized carbons (Fsp3) is 0.480. The van der Waals surface area contributed by atoms with Gasteiger partial charge >= 0.3 is 11.9 Å². The van der Waals surface area contributed by atoms with E-state index in [9.17, 15) is 14.4 Å². The summed E-state index contributed by atoms with van der Waals surface area (Å²) in [6.07, 6.45) is 0.500. The van der Waals surface area contributed by atoms with Crippen LogP contribution in [0.1, 0.15) is 38.7 Å². The van der Waals surface area contributed by atoms with Gasteiger partial charge in [-0.05, 0) is 42.7 Å². The Labute approximate surface area is 198 Å². The molecule has 3 rings (SSSR count). The van der Waals surface area contributed by atoms with Gasteiger partial charge in [0.05, 0.1) is 19.8 Å². The molecule has 0 radical (unpaired) electrons. The molecular formula is C25H31NO6S. The normalized spacial score (nSPS) is 22.5. The first-order valence-corrected chi connectivity index (χ1v) is 12.2. The fourth-order valence-electron chi connectivity index (χ4n) is 4.50. The third kappa shape index (κ3) is 5.11. The number of allylic oxidation sites excluding steroid dienone is 3. The number of dihydropyridines is 1. The van der Waals surface area contributed by atoms with Crippen molar-refractivity contribution in [3.05, 3.63) is 52.4 Å². The number of nitrogens with one attached hydrogen (secondary N) is 1. The van der Waals surface area contributed by atoms with Crippen LogP contribution in [0.5, 0.6) is 5.75 Å². The highest BCUT2D eigenvalue weighted by Gasteiger charge is 2.47. The number of ketones is 1. The Morgan fingerprint density at radius 2 is 1.88 bits per heavy atom. The van der Waals surface area contributed by atoms with E-state index in [0.717, 1.165) is 17.0 Å². The lowest BCUT2D eigenvalue weighted by atomic mass is 9.69. The first-order chi connectivity index (χ1) is 15.8. The minimum atomic E-state index is -0.909. The van der Waals surface area contributed by atoms with E-state index in [2.05, 4.69) is 5.32 Å². The number of thioether (sulfide) groups is 1. The van der Waals surface area contributed by atoms with Crippen molar-refractivity contribution in [1.29, 1.82) is 0 Å². The quantitative estimate of drug-likeness (QED) is 0.348. The molecule has 0 aromatic heterocycles. The van der Waals surface area contributed by atoms with Crippen LogP contribution in [0.2, 0.25) is 0 Å². The van der Waals surface area contributed by atoms with E-state index in [1.54, 1.807) is 31.0 Å². The van der Waals surface area contributed by atoms with E-state index >= 15 is 0 Å². The summed E-state index contributed by atoms with van der Waals surface area (Å²) in [4.78, 5) is 39.3. The molecule has 0 fully saturated rings. The van der Waals surface area contributed by atoms with Gasteiger partial charge in [-0.15, -0.1) is 0 Å². The highest BCUT2D eigenvalue weighted by atomic mass is 32.2. The Kier molecular flexibility index (Phi) is 8.24. The predicted molar refractivity (Wildman–Crippen MR) is 127 cm³/mol. The Morgan fingerprint density at radius 1 is 1.18 bits per heavy atom. The number of benzene rings is 1. The third-order valence-electron chi connectivity index (χ3n) is 6.08. The number of Topliss-reactive ketones (excluding diaryl/α,β-unsaturated/α-hetero) is 1. The van der Waals surface area contributed by atoms with Crippen molar-refractivity contribution in [2.75, 3.05) is 32.3 Å². The monoisotopic (exact) mass is 473 g/mol. The van der Waals surface area contributed by atoms with Crippen molar-refractivity contribution >= 4 is 29.5 Å². The second-order valence-electron chi connectivity index (χ2n) is 8.14. The Bertz CT molecular complexity index is 981. The number of hydrogen-bond acceptors (Lipinski definition) is 8. The van der Waals surface area contributed by atoms with E-state index in [-0.39, 0.29) is 18.3 Å². The van der Waals surface area contributed by atoms with E-state index in [4.69, 9.17) is 14.2 Å². The van der Waals surface area contributed by atoms with Crippen LogP contribution in [-0.4, -0.2) is 50.1 Å². The maximum atomic E-state index is 13.6. The highest BCUT2D eigenvalue weighted by Crippen LogP contribution is 2.45. The van der Waals surface area contributed by atoms with Gasteiger partial charge in [0.15, 0.2) is 5.78 Å². The van der Waals surface area contributed by atoms with E-state index in [1.807, 2.05) is 32.9 Å². The molecule has 8 heteroatoms. The Balaban J connectivity index is 2.06. The maximum absolute atomic E-state index is 13.6. The molecule has 3 atom stereocenters. The minimum absolute atomic E-state index is 0.222. The molecule has 178 valence electrons. The molecule has 2 aliphatic rings. The number of hydrogen-bond donors (Lipinski definition) is 1. The van der Waals surface area contributed by atoms with E-state index in [1.165, 1.54) is 7.11 Å². The van der Waals surface area contributed by atoms with Gasteiger partial charge in [0.25, 0.3) is 0 Å². The van der Waals surface area contributed by atoms with Crippen LogP contribution in [-0.2, 0) is 23.9 Å². The molecule has 0 spiro atoms. The molecule has 1 aromatic carbocycles. The van der Waals surface area contributed by atoms with Gasteiger partial charge in [0.2, 0.25) is 0 Å². The molecule has 0 saturated carbocycles. The third-order valence-corrected chi connectivity index (χ3v) is 6.94. The number of carbonyl (C=O) groups is 3. The molecule has 3 unspecified atom stereocenters. The summed E-state index contributed by atoms with van der Waals surface area (Å²) in [5.41, 5.74) is 2.95. The first kappa shape index (κ1) is 24.9. The summed E-state index contributed by atoms with van der Waals surface area (Å²) in [5.74, 6) is -0.817. The van der Waals surface area contributed by atoms with Gasteiger partial charge in [-0.25, -0.2) is 4.79 Å². The topological polar surface area (TPSA) is 90.9 Å². The fourth-order valence-corrected chi connectivity index (χ4v) is 4.99. The lowest BCUT2D eigenvalue weighted by Crippen LogP contribution is -2.43. The maximum Gasteiger partial charge on any atom is 0.336 e. The molecule has 0 amide bonds. The average molecular weight is 474 g/mol. The van der Waals surface area contributed by atoms with Crippen molar-refractivity contribution in [3.63, 3.8) is 0 Å². The summed E-state index contributed by atoms with van der Waals surface area (Å²) in [6, 6.07) is 7.26. The number of rotatable bonds is 8.